The summed E-state index contributed by atoms with van der Waals surface area (Å²) >= 11 is 0. The number of likely N-dealkylation sites (tertiary alicyclic amines) is 2. The summed E-state index contributed by atoms with van der Waals surface area (Å²) in [5.74, 6) is 0.884. The van der Waals surface area contributed by atoms with E-state index in [1.54, 1.807) is 24.3 Å². The minimum absolute atomic E-state index is 0.0575. The van der Waals surface area contributed by atoms with Crippen LogP contribution in [0.3, 0.4) is 0 Å². The number of anilines is 1. The van der Waals surface area contributed by atoms with Gasteiger partial charge in [0, 0.05) is 36.9 Å². The van der Waals surface area contributed by atoms with Crippen molar-refractivity contribution >= 4 is 11.7 Å². The number of ether oxygens (including phenoxy) is 1. The van der Waals surface area contributed by atoms with Crippen LogP contribution < -0.4 is 10.1 Å². The standard InChI is InChI=1S/C27H28FN3O2/c1-18-5-3-4-6-26(18)19(2)30-16-23-15-22(30)17-31(23)27(32)29-21-9-13-25(14-10-21)33-24-11-7-20(28)8-12-24/h3-14,19,22-23H,15-17H2,1-2H3,(H,29,32)/t19?,22-,23-/m1/s1. The van der Waals surface area contributed by atoms with Crippen LogP contribution >= 0.6 is 0 Å². The molecule has 1 N–H and O–H groups in total. The Morgan fingerprint density at radius 3 is 2.27 bits per heavy atom. The van der Waals surface area contributed by atoms with Gasteiger partial charge in [-0.1, -0.05) is 24.3 Å². The van der Waals surface area contributed by atoms with E-state index >= 15 is 0 Å². The molecule has 5 rings (SSSR count). The van der Waals surface area contributed by atoms with E-state index in [9.17, 15) is 9.18 Å². The second kappa shape index (κ2) is 8.87. The van der Waals surface area contributed by atoms with Gasteiger partial charge in [0.15, 0.2) is 0 Å². The highest BCUT2D eigenvalue weighted by molar-refractivity contribution is 5.90. The van der Waals surface area contributed by atoms with Gasteiger partial charge in [0.05, 0.1) is 0 Å². The summed E-state index contributed by atoms with van der Waals surface area (Å²) in [6.45, 7) is 6.08. The normalized spacial score (nSPS) is 20.6. The molecule has 2 heterocycles. The third-order valence-corrected chi connectivity index (χ3v) is 6.83. The predicted octanol–water partition coefficient (Wildman–Crippen LogP) is 5.98. The van der Waals surface area contributed by atoms with Crippen LogP contribution in [0, 0.1) is 12.7 Å². The lowest BCUT2D eigenvalue weighted by molar-refractivity contribution is 0.115. The maximum Gasteiger partial charge on any atom is 0.322 e. The van der Waals surface area contributed by atoms with Crippen LogP contribution in [0.15, 0.2) is 72.8 Å². The average Bonchev–Trinajstić information content (AvgIpc) is 3.43. The van der Waals surface area contributed by atoms with E-state index in [-0.39, 0.29) is 17.9 Å². The maximum absolute atomic E-state index is 13.0. The summed E-state index contributed by atoms with van der Waals surface area (Å²) in [5, 5.41) is 3.02. The Morgan fingerprint density at radius 1 is 0.970 bits per heavy atom. The molecule has 2 bridgehead atoms. The fourth-order valence-electron chi connectivity index (χ4n) is 5.10. The van der Waals surface area contributed by atoms with Crippen LogP contribution in [0.1, 0.15) is 30.5 Å². The fourth-order valence-corrected chi connectivity index (χ4v) is 5.10. The number of benzene rings is 3. The molecule has 5 nitrogen and oxygen atoms in total. The number of rotatable bonds is 5. The summed E-state index contributed by atoms with van der Waals surface area (Å²) < 4.78 is 18.8. The number of hydrogen-bond acceptors (Lipinski definition) is 3. The highest BCUT2D eigenvalue weighted by Crippen LogP contribution is 2.37. The van der Waals surface area contributed by atoms with E-state index < -0.39 is 0 Å². The topological polar surface area (TPSA) is 44.8 Å². The van der Waals surface area contributed by atoms with Gasteiger partial charge in [-0.2, -0.15) is 0 Å². The first kappa shape index (κ1) is 21.5. The predicted molar refractivity (Wildman–Crippen MR) is 127 cm³/mol. The average molecular weight is 446 g/mol. The smallest absolute Gasteiger partial charge is 0.322 e. The molecule has 0 spiro atoms. The maximum atomic E-state index is 13.0. The summed E-state index contributed by atoms with van der Waals surface area (Å²) in [5.41, 5.74) is 3.40. The minimum Gasteiger partial charge on any atom is -0.457 e. The lowest BCUT2D eigenvalue weighted by Crippen LogP contribution is -2.50. The number of fused-ring (bicyclic) bond motifs is 2. The lowest BCUT2D eigenvalue weighted by atomic mass is 10.0. The first-order valence-electron chi connectivity index (χ1n) is 11.4. The van der Waals surface area contributed by atoms with Gasteiger partial charge in [-0.15, -0.1) is 0 Å². The van der Waals surface area contributed by atoms with Gasteiger partial charge < -0.3 is 15.0 Å². The molecule has 6 heteroatoms. The molecule has 0 radical (unpaired) electrons. The van der Waals surface area contributed by atoms with Gasteiger partial charge in [-0.25, -0.2) is 9.18 Å². The Hall–Kier alpha value is -3.38. The number of nitrogens with zero attached hydrogens (tertiary/aromatic N) is 2. The zero-order chi connectivity index (χ0) is 22.9. The molecule has 0 aromatic heterocycles. The third-order valence-electron chi connectivity index (χ3n) is 6.83. The molecule has 170 valence electrons. The number of nitrogens with one attached hydrogen (secondary N) is 1. The number of hydrogen-bond donors (Lipinski definition) is 1. The second-order valence-electron chi connectivity index (χ2n) is 8.94. The molecule has 3 atom stereocenters. The highest BCUT2D eigenvalue weighted by atomic mass is 19.1. The first-order valence-corrected chi connectivity index (χ1v) is 11.4. The second-order valence-corrected chi connectivity index (χ2v) is 8.94. The Bertz CT molecular complexity index is 1130. The summed E-state index contributed by atoms with van der Waals surface area (Å²) in [4.78, 5) is 17.4. The lowest BCUT2D eigenvalue weighted by Gasteiger charge is -2.38. The summed E-state index contributed by atoms with van der Waals surface area (Å²) in [6, 6.07) is 22.6. The minimum atomic E-state index is -0.302. The largest absolute Gasteiger partial charge is 0.457 e. The van der Waals surface area contributed by atoms with E-state index in [1.807, 2.05) is 17.0 Å². The van der Waals surface area contributed by atoms with Crippen molar-refractivity contribution in [2.24, 2.45) is 0 Å². The number of carbonyl (C=O) groups is 1. The summed E-state index contributed by atoms with van der Waals surface area (Å²) in [6.07, 6.45) is 1.02. The molecule has 2 aliphatic heterocycles. The molecular weight excluding hydrogens is 417 g/mol. The monoisotopic (exact) mass is 445 g/mol. The molecule has 0 aliphatic carbocycles. The molecule has 2 aliphatic rings. The van der Waals surface area contributed by atoms with Crippen molar-refractivity contribution in [3.63, 3.8) is 0 Å². The number of amides is 2. The number of piperazine rings is 1. The first-order chi connectivity index (χ1) is 16.0. The molecule has 3 aromatic rings. The Kier molecular flexibility index (Phi) is 5.77. The van der Waals surface area contributed by atoms with E-state index in [2.05, 4.69) is 48.3 Å². The quantitative estimate of drug-likeness (QED) is 0.526. The van der Waals surface area contributed by atoms with Gasteiger partial charge in [0.25, 0.3) is 0 Å². The van der Waals surface area contributed by atoms with Gasteiger partial charge in [0.1, 0.15) is 17.3 Å². The number of halogens is 1. The molecule has 3 aromatic carbocycles. The van der Waals surface area contributed by atoms with Crippen LogP contribution in [0.4, 0.5) is 14.9 Å². The van der Waals surface area contributed by atoms with Crippen molar-refractivity contribution in [1.29, 1.82) is 0 Å². The Labute approximate surface area is 193 Å². The van der Waals surface area contributed by atoms with E-state index in [1.165, 1.54) is 23.3 Å². The van der Waals surface area contributed by atoms with Gasteiger partial charge in [-0.05, 0) is 79.9 Å². The van der Waals surface area contributed by atoms with Crippen LogP contribution in [-0.4, -0.2) is 41.0 Å². The number of carbonyl (C=O) groups excluding carboxylic acids is 1. The van der Waals surface area contributed by atoms with Crippen LogP contribution in [0.5, 0.6) is 11.5 Å². The van der Waals surface area contributed by atoms with Gasteiger partial charge in [0.2, 0.25) is 0 Å². The molecule has 33 heavy (non-hydrogen) atoms. The molecule has 2 saturated heterocycles. The summed E-state index contributed by atoms with van der Waals surface area (Å²) in [7, 11) is 0. The van der Waals surface area contributed by atoms with Gasteiger partial charge >= 0.3 is 6.03 Å². The van der Waals surface area contributed by atoms with Crippen molar-refractivity contribution in [3.8, 4) is 11.5 Å². The molecule has 2 fully saturated rings. The van der Waals surface area contributed by atoms with Crippen molar-refractivity contribution in [1.82, 2.24) is 9.80 Å². The van der Waals surface area contributed by atoms with Crippen molar-refractivity contribution in [2.75, 3.05) is 18.4 Å². The van der Waals surface area contributed by atoms with Crippen molar-refractivity contribution < 1.29 is 13.9 Å². The Morgan fingerprint density at radius 2 is 1.64 bits per heavy atom. The molecule has 1 unspecified atom stereocenters. The fraction of sp³-hybridized carbons (Fsp3) is 0.296. The zero-order valence-corrected chi connectivity index (χ0v) is 18.9. The number of aryl methyl sites for hydroxylation is 1. The van der Waals surface area contributed by atoms with E-state index in [4.69, 9.17) is 4.74 Å². The third kappa shape index (κ3) is 4.44. The van der Waals surface area contributed by atoms with Crippen LogP contribution in [0.25, 0.3) is 0 Å². The molecular formula is C27H28FN3O2. The molecule has 2 amide bonds. The van der Waals surface area contributed by atoms with E-state index in [0.717, 1.165) is 25.2 Å². The van der Waals surface area contributed by atoms with Crippen molar-refractivity contribution in [2.45, 2.75) is 38.4 Å². The highest BCUT2D eigenvalue weighted by Gasteiger charge is 2.46. The van der Waals surface area contributed by atoms with E-state index in [0.29, 0.717) is 23.6 Å². The Balaban J connectivity index is 1.17. The van der Waals surface area contributed by atoms with Crippen molar-refractivity contribution in [3.05, 3.63) is 89.7 Å². The zero-order valence-electron chi connectivity index (χ0n) is 18.9. The van der Waals surface area contributed by atoms with Crippen LogP contribution in [-0.2, 0) is 0 Å². The molecule has 0 saturated carbocycles. The van der Waals surface area contributed by atoms with Gasteiger partial charge in [-0.3, -0.25) is 4.90 Å². The number of urea groups is 1. The van der Waals surface area contributed by atoms with Crippen LogP contribution in [0.2, 0.25) is 0 Å². The SMILES string of the molecule is Cc1ccccc1C(C)N1C[C@H]2C[C@@H]1CN2C(=O)Nc1ccc(Oc2ccc(F)cc2)cc1.